The monoisotopic (exact) mass is 434 g/mol. The molecule has 0 aliphatic carbocycles. The summed E-state index contributed by atoms with van der Waals surface area (Å²) < 4.78 is 7.27. The topological polar surface area (TPSA) is 116 Å². The number of rotatable bonds is 6. The highest BCUT2D eigenvalue weighted by Gasteiger charge is 2.31. The lowest BCUT2D eigenvalue weighted by atomic mass is 9.99. The number of aryl methyl sites for hydroxylation is 1. The third-order valence-corrected chi connectivity index (χ3v) is 5.74. The number of primary amides is 1. The van der Waals surface area contributed by atoms with E-state index in [0.717, 1.165) is 24.8 Å². The van der Waals surface area contributed by atoms with Crippen molar-refractivity contribution < 1.29 is 14.3 Å². The molecular weight excluding hydrogens is 408 g/mol. The maximum atomic E-state index is 13.5. The summed E-state index contributed by atoms with van der Waals surface area (Å²) in [7, 11) is 1.61. The first-order valence-corrected chi connectivity index (χ1v) is 10.6. The molecule has 9 nitrogen and oxygen atoms in total. The van der Waals surface area contributed by atoms with Crippen LogP contribution in [0.2, 0.25) is 0 Å². The zero-order chi connectivity index (χ0) is 22.7. The van der Waals surface area contributed by atoms with Crippen molar-refractivity contribution in [3.63, 3.8) is 0 Å². The van der Waals surface area contributed by atoms with E-state index >= 15 is 0 Å². The number of nitrogens with two attached hydrogens (primary N) is 1. The number of hydrogen-bond acceptors (Lipinski definition) is 6. The smallest absolute Gasteiger partial charge is 0.254 e. The van der Waals surface area contributed by atoms with Crippen LogP contribution in [0.15, 0.2) is 42.9 Å². The molecule has 0 bridgehead atoms. The lowest BCUT2D eigenvalue weighted by molar-refractivity contribution is 0.0599. The molecule has 1 aliphatic rings. The van der Waals surface area contributed by atoms with Gasteiger partial charge in [0.05, 0.1) is 31.0 Å². The minimum atomic E-state index is -0.562. The number of amides is 2. The fraction of sp³-hybridized carbons (Fsp3) is 0.348. The Morgan fingerprint density at radius 2 is 2.12 bits per heavy atom. The number of hydrogen-bond donors (Lipinski definition) is 1. The van der Waals surface area contributed by atoms with E-state index in [-0.39, 0.29) is 11.9 Å². The largest absolute Gasteiger partial charge is 0.496 e. The van der Waals surface area contributed by atoms with Crippen LogP contribution in [0.5, 0.6) is 5.75 Å². The molecule has 2 N–H and O–H groups in total. The fourth-order valence-electron chi connectivity index (χ4n) is 4.10. The van der Waals surface area contributed by atoms with Gasteiger partial charge >= 0.3 is 0 Å². The molecule has 1 fully saturated rings. The molecule has 3 heterocycles. The molecule has 4 rings (SSSR count). The zero-order valence-electron chi connectivity index (χ0n) is 18.2. The Balaban J connectivity index is 1.63. The maximum Gasteiger partial charge on any atom is 0.254 e. The summed E-state index contributed by atoms with van der Waals surface area (Å²) >= 11 is 0. The first-order chi connectivity index (χ1) is 15.5. The van der Waals surface area contributed by atoms with Crippen LogP contribution >= 0.6 is 0 Å². The lowest BCUT2D eigenvalue weighted by Gasteiger charge is -2.35. The van der Waals surface area contributed by atoms with Crippen LogP contribution in [0.25, 0.3) is 0 Å². The third kappa shape index (κ3) is 4.32. The number of benzene rings is 1. The van der Waals surface area contributed by atoms with Gasteiger partial charge < -0.3 is 15.4 Å². The summed E-state index contributed by atoms with van der Waals surface area (Å²) in [4.78, 5) is 35.7. The third-order valence-electron chi connectivity index (χ3n) is 5.74. The molecule has 1 unspecified atom stereocenters. The average molecular weight is 435 g/mol. The summed E-state index contributed by atoms with van der Waals surface area (Å²) in [6.45, 7) is 2.84. The first kappa shape index (κ1) is 21.5. The van der Waals surface area contributed by atoms with Crippen LogP contribution in [-0.2, 0) is 6.54 Å². The van der Waals surface area contributed by atoms with Crippen LogP contribution in [0.1, 0.15) is 63.1 Å². The minimum absolute atomic E-state index is 0.0840. The van der Waals surface area contributed by atoms with Gasteiger partial charge in [0, 0.05) is 36.3 Å². The molecule has 9 heteroatoms. The molecule has 0 radical (unpaired) electrons. The fourth-order valence-corrected chi connectivity index (χ4v) is 4.10. The quantitative estimate of drug-likeness (QED) is 0.637. The van der Waals surface area contributed by atoms with Crippen molar-refractivity contribution in [1.29, 1.82) is 0 Å². The molecule has 32 heavy (non-hydrogen) atoms. The molecule has 1 saturated heterocycles. The van der Waals surface area contributed by atoms with Gasteiger partial charge in [0.2, 0.25) is 0 Å². The van der Waals surface area contributed by atoms with E-state index in [1.165, 1.54) is 6.20 Å². The highest BCUT2D eigenvalue weighted by molar-refractivity contribution is 5.95. The normalized spacial score (nSPS) is 16.1. The van der Waals surface area contributed by atoms with Crippen molar-refractivity contribution in [2.75, 3.05) is 13.7 Å². The van der Waals surface area contributed by atoms with E-state index in [1.807, 2.05) is 29.3 Å². The van der Waals surface area contributed by atoms with Crippen LogP contribution < -0.4 is 10.5 Å². The number of likely N-dealkylation sites (tertiary alicyclic amines) is 1. The highest BCUT2D eigenvalue weighted by atomic mass is 16.5. The Kier molecular flexibility index (Phi) is 6.16. The van der Waals surface area contributed by atoms with Crippen molar-refractivity contribution in [2.24, 2.45) is 5.73 Å². The van der Waals surface area contributed by atoms with Crippen LogP contribution in [-0.4, -0.2) is 50.1 Å². The van der Waals surface area contributed by atoms with Crippen LogP contribution in [0, 0.1) is 6.92 Å². The molecule has 3 aromatic rings. The van der Waals surface area contributed by atoms with Gasteiger partial charge in [0.1, 0.15) is 5.75 Å². The van der Waals surface area contributed by atoms with Gasteiger partial charge in [0.25, 0.3) is 11.8 Å². The number of nitrogens with zero attached hydrogens (tertiary/aromatic N) is 5. The number of aromatic nitrogens is 4. The van der Waals surface area contributed by atoms with Gasteiger partial charge in [-0.3, -0.25) is 14.3 Å². The predicted octanol–water partition coefficient (Wildman–Crippen LogP) is 2.50. The molecule has 2 amide bonds. The first-order valence-electron chi connectivity index (χ1n) is 10.6. The molecule has 166 valence electrons. The van der Waals surface area contributed by atoms with E-state index in [9.17, 15) is 9.59 Å². The Bertz CT molecular complexity index is 1130. The van der Waals surface area contributed by atoms with E-state index in [2.05, 4.69) is 15.1 Å². The number of piperidine rings is 1. The van der Waals surface area contributed by atoms with E-state index in [4.69, 9.17) is 10.5 Å². The molecular formula is C23H26N6O3. The Hall–Kier alpha value is -3.75. The minimum Gasteiger partial charge on any atom is -0.496 e. The van der Waals surface area contributed by atoms with Gasteiger partial charge in [-0.15, -0.1) is 0 Å². The van der Waals surface area contributed by atoms with E-state index in [1.54, 1.807) is 31.0 Å². The summed E-state index contributed by atoms with van der Waals surface area (Å²) in [6.07, 6.45) is 7.68. The molecule has 1 atom stereocenters. The number of ether oxygens (including phenoxy) is 1. The predicted molar refractivity (Wildman–Crippen MR) is 117 cm³/mol. The second-order valence-electron chi connectivity index (χ2n) is 7.83. The molecule has 1 aromatic carbocycles. The van der Waals surface area contributed by atoms with E-state index in [0.29, 0.717) is 41.5 Å². The van der Waals surface area contributed by atoms with Crippen molar-refractivity contribution in [1.82, 2.24) is 24.6 Å². The molecule has 1 aliphatic heterocycles. The van der Waals surface area contributed by atoms with Crippen molar-refractivity contribution in [3.8, 4) is 5.75 Å². The van der Waals surface area contributed by atoms with Crippen LogP contribution in [0.3, 0.4) is 0 Å². The SMILES string of the molecule is COc1ccc(C(=O)N2CCCCC2c2ncc(C(N)=O)c(C)n2)cc1Cn1cccn1. The highest BCUT2D eigenvalue weighted by Crippen LogP contribution is 2.31. The molecule has 2 aromatic heterocycles. The van der Waals surface area contributed by atoms with Crippen molar-refractivity contribution in [2.45, 2.75) is 38.8 Å². The Labute approximate surface area is 186 Å². The van der Waals surface area contributed by atoms with Gasteiger partial charge in [-0.05, 0) is 50.5 Å². The van der Waals surface area contributed by atoms with Gasteiger partial charge in [-0.25, -0.2) is 9.97 Å². The second kappa shape index (κ2) is 9.17. The summed E-state index contributed by atoms with van der Waals surface area (Å²) in [6, 6.07) is 7.05. The Morgan fingerprint density at radius 3 is 2.81 bits per heavy atom. The number of methoxy groups -OCH3 is 1. The maximum absolute atomic E-state index is 13.5. The van der Waals surface area contributed by atoms with Gasteiger partial charge in [0.15, 0.2) is 5.82 Å². The van der Waals surface area contributed by atoms with Crippen molar-refractivity contribution in [3.05, 3.63) is 71.1 Å². The summed E-state index contributed by atoms with van der Waals surface area (Å²) in [5.74, 6) is 0.590. The standard InChI is InChI=1S/C23H26N6O3/c1-15-18(21(24)30)13-25-22(27-15)19-6-3-4-11-29(19)23(31)16-7-8-20(32-2)17(12-16)14-28-10-5-9-26-28/h5,7-10,12-13,19H,3-4,6,11,14H2,1-2H3,(H2,24,30). The lowest BCUT2D eigenvalue weighted by Crippen LogP contribution is -2.39. The Morgan fingerprint density at radius 1 is 1.28 bits per heavy atom. The zero-order valence-corrected chi connectivity index (χ0v) is 18.2. The molecule has 0 saturated carbocycles. The summed E-state index contributed by atoms with van der Waals surface area (Å²) in [5, 5.41) is 4.25. The van der Waals surface area contributed by atoms with Gasteiger partial charge in [-0.1, -0.05) is 0 Å². The van der Waals surface area contributed by atoms with Crippen molar-refractivity contribution >= 4 is 11.8 Å². The molecule has 0 spiro atoms. The second-order valence-corrected chi connectivity index (χ2v) is 7.83. The van der Waals surface area contributed by atoms with E-state index < -0.39 is 5.91 Å². The average Bonchev–Trinajstić information content (AvgIpc) is 3.31. The number of carbonyl (C=O) groups excluding carboxylic acids is 2. The summed E-state index contributed by atoms with van der Waals surface area (Å²) in [5.41, 5.74) is 7.64. The van der Waals surface area contributed by atoms with Gasteiger partial charge in [-0.2, -0.15) is 5.10 Å². The van der Waals surface area contributed by atoms with Crippen LogP contribution in [0.4, 0.5) is 0 Å². The number of carbonyl (C=O) groups is 2.